The first-order chi connectivity index (χ1) is 16.7. The summed E-state index contributed by atoms with van der Waals surface area (Å²) < 4.78 is 81.5. The number of hydrogen-bond donors (Lipinski definition) is 1. The number of amides is 1. The van der Waals surface area contributed by atoms with Gasteiger partial charge in [-0.2, -0.15) is 0 Å². The zero-order chi connectivity index (χ0) is 25.1. The van der Waals surface area contributed by atoms with Crippen molar-refractivity contribution in [1.82, 2.24) is 9.97 Å². The van der Waals surface area contributed by atoms with Crippen LogP contribution in [-0.2, 0) is 17.6 Å². The molecule has 0 aliphatic carbocycles. The molecule has 0 radical (unpaired) electrons. The number of nitrogens with one attached hydrogen (secondary N) is 1. The maximum absolute atomic E-state index is 14.0. The molecule has 0 fully saturated rings. The van der Waals surface area contributed by atoms with E-state index < -0.39 is 52.8 Å². The molecule has 0 spiro atoms. The van der Waals surface area contributed by atoms with Gasteiger partial charge in [0.15, 0.2) is 29.1 Å². The quantitative estimate of drug-likeness (QED) is 0.214. The Balaban J connectivity index is 1.66. The Bertz CT molecular complexity index is 1370. The first-order valence-corrected chi connectivity index (χ1v) is 10.2. The van der Waals surface area contributed by atoms with Crippen molar-refractivity contribution in [2.45, 2.75) is 12.8 Å². The molecule has 10 heteroatoms. The Kier molecular flexibility index (Phi) is 6.81. The van der Waals surface area contributed by atoms with E-state index in [0.29, 0.717) is 11.3 Å². The minimum absolute atomic E-state index is 0.0615. The van der Waals surface area contributed by atoms with Crippen molar-refractivity contribution in [1.29, 1.82) is 0 Å². The fourth-order valence-electron chi connectivity index (χ4n) is 3.35. The number of benzene rings is 3. The van der Waals surface area contributed by atoms with E-state index in [0.717, 1.165) is 5.56 Å². The Hall–Kier alpha value is -4.21. The van der Waals surface area contributed by atoms with Gasteiger partial charge in [0, 0.05) is 17.5 Å². The standard InChI is InChI=1S/C25H15F6N3O/c26-15-8-6-14(7-9-15)18-12-32-25(17(33-18)10-13-4-2-1-3-5-13)34-19(35)11-16-20(27)22(29)24(31)23(30)21(16)28/h1-9,12H,10-11H2,(H,32,34,35). The van der Waals surface area contributed by atoms with E-state index in [1.165, 1.54) is 30.5 Å². The average Bonchev–Trinajstić information content (AvgIpc) is 2.86. The van der Waals surface area contributed by atoms with Crippen molar-refractivity contribution in [3.8, 4) is 11.3 Å². The van der Waals surface area contributed by atoms with Crippen LogP contribution in [-0.4, -0.2) is 15.9 Å². The summed E-state index contributed by atoms with van der Waals surface area (Å²) in [6.45, 7) is 0. The van der Waals surface area contributed by atoms with Gasteiger partial charge in [-0.3, -0.25) is 4.79 Å². The number of anilines is 1. The molecule has 1 aromatic heterocycles. The molecule has 0 atom stereocenters. The van der Waals surface area contributed by atoms with Gasteiger partial charge in [0.2, 0.25) is 11.7 Å². The van der Waals surface area contributed by atoms with E-state index in [1.807, 2.05) is 0 Å². The molecular formula is C25H15F6N3O. The van der Waals surface area contributed by atoms with Crippen LogP contribution in [0.25, 0.3) is 11.3 Å². The Morgan fingerprint density at radius 3 is 2.00 bits per heavy atom. The monoisotopic (exact) mass is 487 g/mol. The Labute approximate surface area is 195 Å². The van der Waals surface area contributed by atoms with Crippen LogP contribution in [0, 0.1) is 34.9 Å². The van der Waals surface area contributed by atoms with E-state index >= 15 is 0 Å². The van der Waals surface area contributed by atoms with Crippen molar-refractivity contribution in [2.75, 3.05) is 5.32 Å². The van der Waals surface area contributed by atoms with Crippen molar-refractivity contribution in [3.05, 3.63) is 113 Å². The predicted molar refractivity (Wildman–Crippen MR) is 115 cm³/mol. The lowest BCUT2D eigenvalue weighted by Gasteiger charge is -2.13. The maximum Gasteiger partial charge on any atom is 0.230 e. The van der Waals surface area contributed by atoms with Gasteiger partial charge in [-0.25, -0.2) is 36.3 Å². The van der Waals surface area contributed by atoms with Crippen LogP contribution in [0.5, 0.6) is 0 Å². The minimum atomic E-state index is -2.31. The maximum atomic E-state index is 14.0. The van der Waals surface area contributed by atoms with Crippen molar-refractivity contribution in [2.24, 2.45) is 0 Å². The van der Waals surface area contributed by atoms with Gasteiger partial charge >= 0.3 is 0 Å². The summed E-state index contributed by atoms with van der Waals surface area (Å²) in [7, 11) is 0. The van der Waals surface area contributed by atoms with Gasteiger partial charge < -0.3 is 5.32 Å². The molecule has 4 aromatic rings. The molecule has 1 N–H and O–H groups in total. The first kappa shape index (κ1) is 23.9. The van der Waals surface area contributed by atoms with Gasteiger partial charge in [-0.1, -0.05) is 30.3 Å². The van der Waals surface area contributed by atoms with Crippen LogP contribution in [0.1, 0.15) is 16.8 Å². The summed E-state index contributed by atoms with van der Waals surface area (Å²) in [6.07, 6.45) is 0.370. The first-order valence-electron chi connectivity index (χ1n) is 10.2. The van der Waals surface area contributed by atoms with Crippen LogP contribution in [0.3, 0.4) is 0 Å². The fourth-order valence-corrected chi connectivity index (χ4v) is 3.35. The zero-order valence-corrected chi connectivity index (χ0v) is 17.8. The zero-order valence-electron chi connectivity index (χ0n) is 17.8. The average molecular weight is 487 g/mol. The van der Waals surface area contributed by atoms with Gasteiger partial charge in [0.1, 0.15) is 5.82 Å². The number of aromatic nitrogens is 2. The summed E-state index contributed by atoms with van der Waals surface area (Å²) in [5.74, 6) is -12.3. The summed E-state index contributed by atoms with van der Waals surface area (Å²) in [6, 6.07) is 14.4. The van der Waals surface area contributed by atoms with Gasteiger partial charge in [0.25, 0.3) is 0 Å². The highest BCUT2D eigenvalue weighted by Gasteiger charge is 2.27. The van der Waals surface area contributed by atoms with Gasteiger partial charge in [-0.15, -0.1) is 0 Å². The third-order valence-corrected chi connectivity index (χ3v) is 5.09. The minimum Gasteiger partial charge on any atom is -0.309 e. The normalized spacial score (nSPS) is 10.9. The van der Waals surface area contributed by atoms with E-state index in [4.69, 9.17) is 0 Å². The molecule has 35 heavy (non-hydrogen) atoms. The number of nitrogens with zero attached hydrogens (tertiary/aromatic N) is 2. The molecular weight excluding hydrogens is 472 g/mol. The molecule has 4 rings (SSSR count). The molecule has 3 aromatic carbocycles. The van der Waals surface area contributed by atoms with Crippen LogP contribution >= 0.6 is 0 Å². The number of carbonyl (C=O) groups excluding carboxylic acids is 1. The van der Waals surface area contributed by atoms with E-state index in [-0.39, 0.29) is 17.9 Å². The van der Waals surface area contributed by atoms with Gasteiger partial charge in [-0.05, 0) is 29.8 Å². The van der Waals surface area contributed by atoms with Crippen LogP contribution in [0.15, 0.2) is 60.8 Å². The fraction of sp³-hybridized carbons (Fsp3) is 0.0800. The van der Waals surface area contributed by atoms with E-state index in [1.54, 1.807) is 30.3 Å². The summed E-state index contributed by atoms with van der Waals surface area (Å²) in [5.41, 5.74) is 0.720. The van der Waals surface area contributed by atoms with Crippen molar-refractivity contribution in [3.63, 3.8) is 0 Å². The van der Waals surface area contributed by atoms with Gasteiger partial charge in [0.05, 0.1) is 24.0 Å². The third-order valence-electron chi connectivity index (χ3n) is 5.09. The number of halogens is 6. The molecule has 0 saturated heterocycles. The van der Waals surface area contributed by atoms with E-state index in [2.05, 4.69) is 15.3 Å². The lowest BCUT2D eigenvalue weighted by molar-refractivity contribution is -0.115. The summed E-state index contributed by atoms with van der Waals surface area (Å²) in [5, 5.41) is 2.33. The predicted octanol–water partition coefficient (Wildman–Crippen LogP) is 5.75. The second-order valence-corrected chi connectivity index (χ2v) is 7.49. The molecule has 0 bridgehead atoms. The highest BCUT2D eigenvalue weighted by atomic mass is 19.2. The van der Waals surface area contributed by atoms with Crippen molar-refractivity contribution < 1.29 is 31.1 Å². The second kappa shape index (κ2) is 9.96. The third kappa shape index (κ3) is 5.16. The number of hydrogen-bond acceptors (Lipinski definition) is 3. The molecule has 0 unspecified atom stereocenters. The van der Waals surface area contributed by atoms with E-state index in [9.17, 15) is 31.1 Å². The van der Waals surface area contributed by atoms with Crippen molar-refractivity contribution >= 4 is 11.7 Å². The molecule has 178 valence electrons. The van der Waals surface area contributed by atoms with Crippen LogP contribution in [0.4, 0.5) is 32.2 Å². The lowest BCUT2D eigenvalue weighted by Crippen LogP contribution is -2.20. The summed E-state index contributed by atoms with van der Waals surface area (Å²) in [4.78, 5) is 21.1. The second-order valence-electron chi connectivity index (χ2n) is 7.49. The molecule has 0 aliphatic heterocycles. The lowest BCUT2D eigenvalue weighted by atomic mass is 10.1. The Morgan fingerprint density at radius 2 is 1.37 bits per heavy atom. The Morgan fingerprint density at radius 1 is 0.771 bits per heavy atom. The summed E-state index contributed by atoms with van der Waals surface area (Å²) >= 11 is 0. The topological polar surface area (TPSA) is 54.9 Å². The van der Waals surface area contributed by atoms with Crippen LogP contribution < -0.4 is 5.32 Å². The highest BCUT2D eigenvalue weighted by Crippen LogP contribution is 2.25. The SMILES string of the molecule is O=C(Cc1c(F)c(F)c(F)c(F)c1F)Nc1ncc(-c2ccc(F)cc2)nc1Cc1ccccc1. The number of rotatable bonds is 6. The molecule has 0 saturated carbocycles. The largest absolute Gasteiger partial charge is 0.309 e. The molecule has 0 aliphatic rings. The molecule has 1 heterocycles. The molecule has 1 amide bonds. The smallest absolute Gasteiger partial charge is 0.230 e. The number of carbonyl (C=O) groups is 1. The van der Waals surface area contributed by atoms with Crippen LogP contribution in [0.2, 0.25) is 0 Å². The highest BCUT2D eigenvalue weighted by molar-refractivity contribution is 5.92. The molecule has 4 nitrogen and oxygen atoms in total.